The van der Waals surface area contributed by atoms with E-state index in [1.165, 1.54) is 6.07 Å². The fraction of sp³-hybridized carbons (Fsp3) is 0.708. The van der Waals surface area contributed by atoms with Crippen molar-refractivity contribution < 1.29 is 31.8 Å². The van der Waals surface area contributed by atoms with Crippen molar-refractivity contribution in [1.82, 2.24) is 5.32 Å². The molecule has 186 valence electrons. The Morgan fingerprint density at radius 1 is 1.12 bits per heavy atom. The fourth-order valence-corrected chi connectivity index (χ4v) is 4.95. The molecule has 1 aliphatic heterocycles. The highest BCUT2D eigenvalue weighted by Gasteiger charge is 2.34. The Morgan fingerprint density at radius 2 is 1.85 bits per heavy atom. The highest BCUT2D eigenvalue weighted by Crippen LogP contribution is 2.35. The van der Waals surface area contributed by atoms with Crippen LogP contribution in [0.2, 0.25) is 0 Å². The number of nitrogens with one attached hydrogen (secondary N) is 1. The summed E-state index contributed by atoms with van der Waals surface area (Å²) < 4.78 is 60.6. The van der Waals surface area contributed by atoms with Crippen LogP contribution in [0.4, 0.5) is 28.0 Å². The number of alkyl carbamates (subject to hydrolysis) is 1. The predicted molar refractivity (Wildman–Crippen MR) is 118 cm³/mol. The number of piperidine rings is 1. The number of carbonyl (C=O) groups excluding carboxylic acids is 1. The first kappa shape index (κ1) is 25.4. The molecule has 1 saturated heterocycles. The Labute approximate surface area is 192 Å². The van der Waals surface area contributed by atoms with Gasteiger partial charge in [0.05, 0.1) is 0 Å². The van der Waals surface area contributed by atoms with Crippen molar-refractivity contribution in [3.63, 3.8) is 0 Å². The van der Waals surface area contributed by atoms with Gasteiger partial charge in [-0.3, -0.25) is 0 Å². The summed E-state index contributed by atoms with van der Waals surface area (Å²) in [4.78, 5) is 14.3. The van der Waals surface area contributed by atoms with Crippen molar-refractivity contribution in [3.8, 4) is 5.75 Å². The number of hydrogen-bond acceptors (Lipinski definition) is 4. The molecule has 3 atom stereocenters. The van der Waals surface area contributed by atoms with Crippen LogP contribution in [0.1, 0.15) is 65.7 Å². The number of amides is 1. The van der Waals surface area contributed by atoms with Gasteiger partial charge in [-0.15, -0.1) is 13.2 Å². The lowest BCUT2D eigenvalue weighted by molar-refractivity contribution is -0.275. The van der Waals surface area contributed by atoms with Crippen LogP contribution in [-0.4, -0.2) is 37.2 Å². The standard InChI is InChI=1S/C24H34F4N2O3/c1-23(2,3)33-22(31)29-20-9-5-4-8-17(20)13-16-7-6-12-30(15-16)18-10-11-21(19(25)14-18)32-24(26,27)28/h10-11,14,16-17,20H,4-9,12-13,15H2,1-3H3,(H,29,31)/t16?,17-,20+/m0/s1. The van der Waals surface area contributed by atoms with Gasteiger partial charge in [0.1, 0.15) is 5.60 Å². The van der Waals surface area contributed by atoms with E-state index >= 15 is 0 Å². The number of rotatable bonds is 5. The van der Waals surface area contributed by atoms with Gasteiger partial charge in [-0.05, 0) is 76.8 Å². The van der Waals surface area contributed by atoms with E-state index in [9.17, 15) is 22.4 Å². The van der Waals surface area contributed by atoms with Crippen molar-refractivity contribution in [2.75, 3.05) is 18.0 Å². The average molecular weight is 475 g/mol. The Kier molecular flexibility index (Phi) is 8.00. The van der Waals surface area contributed by atoms with Crippen LogP contribution in [0.15, 0.2) is 18.2 Å². The van der Waals surface area contributed by atoms with Crippen LogP contribution in [-0.2, 0) is 4.74 Å². The summed E-state index contributed by atoms with van der Waals surface area (Å²) in [6.45, 7) is 6.94. The Bertz CT molecular complexity index is 810. The molecule has 33 heavy (non-hydrogen) atoms. The van der Waals surface area contributed by atoms with Gasteiger partial charge >= 0.3 is 12.5 Å². The minimum atomic E-state index is -4.93. The molecule has 1 saturated carbocycles. The molecule has 0 radical (unpaired) electrons. The number of benzene rings is 1. The topological polar surface area (TPSA) is 50.8 Å². The summed E-state index contributed by atoms with van der Waals surface area (Å²) in [6.07, 6.45) is 1.73. The number of hydrogen-bond donors (Lipinski definition) is 1. The van der Waals surface area contributed by atoms with E-state index in [4.69, 9.17) is 4.74 Å². The van der Waals surface area contributed by atoms with E-state index in [1.807, 2.05) is 25.7 Å². The summed E-state index contributed by atoms with van der Waals surface area (Å²) in [6, 6.07) is 3.68. The molecule has 1 aromatic rings. The molecular weight excluding hydrogens is 440 g/mol. The maximum Gasteiger partial charge on any atom is 0.573 e. The number of nitrogens with zero attached hydrogens (tertiary/aromatic N) is 1. The molecule has 2 fully saturated rings. The Hall–Kier alpha value is -2.19. The van der Waals surface area contributed by atoms with E-state index < -0.39 is 23.5 Å². The van der Waals surface area contributed by atoms with E-state index in [1.54, 1.807) is 0 Å². The molecule has 1 unspecified atom stereocenters. The lowest BCUT2D eigenvalue weighted by Crippen LogP contribution is -2.46. The van der Waals surface area contributed by atoms with E-state index in [2.05, 4.69) is 10.1 Å². The highest BCUT2D eigenvalue weighted by molar-refractivity contribution is 5.68. The largest absolute Gasteiger partial charge is 0.573 e. The summed E-state index contributed by atoms with van der Waals surface area (Å²) in [5.41, 5.74) is 0.00690. The molecule has 5 nitrogen and oxygen atoms in total. The van der Waals surface area contributed by atoms with E-state index in [-0.39, 0.29) is 12.1 Å². The molecule has 1 aliphatic carbocycles. The third kappa shape index (κ3) is 7.96. The number of halogens is 4. The summed E-state index contributed by atoms with van der Waals surface area (Å²) in [5, 5.41) is 3.06. The van der Waals surface area contributed by atoms with Gasteiger partial charge < -0.3 is 19.7 Å². The first-order valence-electron chi connectivity index (χ1n) is 11.7. The first-order chi connectivity index (χ1) is 15.4. The van der Waals surface area contributed by atoms with Crippen LogP contribution in [0, 0.1) is 17.7 Å². The van der Waals surface area contributed by atoms with Gasteiger partial charge in [0, 0.05) is 30.9 Å². The normalized spacial score (nSPS) is 24.3. The molecular formula is C24H34F4N2O3. The van der Waals surface area contributed by atoms with Crippen molar-refractivity contribution in [1.29, 1.82) is 0 Å². The lowest BCUT2D eigenvalue weighted by atomic mass is 9.77. The number of ether oxygens (including phenoxy) is 2. The van der Waals surface area contributed by atoms with Crippen LogP contribution >= 0.6 is 0 Å². The smallest absolute Gasteiger partial charge is 0.444 e. The second-order valence-electron chi connectivity index (χ2n) is 10.1. The van der Waals surface area contributed by atoms with Gasteiger partial charge in [-0.2, -0.15) is 0 Å². The maximum absolute atomic E-state index is 14.2. The van der Waals surface area contributed by atoms with Crippen LogP contribution in [0.3, 0.4) is 0 Å². The number of alkyl halides is 3. The van der Waals surface area contributed by atoms with Gasteiger partial charge in [-0.1, -0.05) is 12.8 Å². The number of carbonyl (C=O) groups is 1. The van der Waals surface area contributed by atoms with Crippen molar-refractivity contribution >= 4 is 11.8 Å². The summed E-state index contributed by atoms with van der Waals surface area (Å²) in [7, 11) is 0. The van der Waals surface area contributed by atoms with Gasteiger partial charge in [0.25, 0.3) is 0 Å². The second kappa shape index (κ2) is 10.4. The SMILES string of the molecule is CC(C)(C)OC(=O)N[C@@H]1CCCC[C@H]1CC1CCCN(c2ccc(OC(F)(F)F)c(F)c2)C1. The molecule has 1 N–H and O–H groups in total. The quantitative estimate of drug-likeness (QED) is 0.501. The zero-order valence-corrected chi connectivity index (χ0v) is 19.5. The summed E-state index contributed by atoms with van der Waals surface area (Å²) >= 11 is 0. The van der Waals surface area contributed by atoms with Crippen LogP contribution in [0.25, 0.3) is 0 Å². The Balaban J connectivity index is 1.60. The third-order valence-electron chi connectivity index (χ3n) is 6.27. The second-order valence-corrected chi connectivity index (χ2v) is 10.1. The molecule has 3 rings (SSSR count). The van der Waals surface area contributed by atoms with Crippen molar-refractivity contribution in [2.45, 2.75) is 83.7 Å². The lowest BCUT2D eigenvalue weighted by Gasteiger charge is -2.39. The average Bonchev–Trinajstić information content (AvgIpc) is 2.69. The minimum absolute atomic E-state index is 0.0696. The third-order valence-corrected chi connectivity index (χ3v) is 6.27. The molecule has 1 heterocycles. The molecule has 9 heteroatoms. The zero-order valence-electron chi connectivity index (χ0n) is 19.5. The predicted octanol–water partition coefficient (Wildman–Crippen LogP) is 6.41. The zero-order chi connectivity index (χ0) is 24.2. The van der Waals surface area contributed by atoms with Crippen LogP contribution < -0.4 is 15.0 Å². The van der Waals surface area contributed by atoms with Crippen LogP contribution in [0.5, 0.6) is 5.75 Å². The van der Waals surface area contributed by atoms with Crippen molar-refractivity contribution in [3.05, 3.63) is 24.0 Å². The fourth-order valence-electron chi connectivity index (χ4n) is 4.95. The molecule has 0 aromatic heterocycles. The minimum Gasteiger partial charge on any atom is -0.444 e. The highest BCUT2D eigenvalue weighted by atomic mass is 19.4. The van der Waals surface area contributed by atoms with E-state index in [0.29, 0.717) is 24.1 Å². The van der Waals surface area contributed by atoms with Gasteiger partial charge in [0.15, 0.2) is 11.6 Å². The van der Waals surface area contributed by atoms with Gasteiger partial charge in [0.2, 0.25) is 0 Å². The van der Waals surface area contributed by atoms with Gasteiger partial charge in [-0.25, -0.2) is 9.18 Å². The maximum atomic E-state index is 14.2. The molecule has 0 bridgehead atoms. The molecule has 0 spiro atoms. The van der Waals surface area contributed by atoms with Crippen molar-refractivity contribution in [2.24, 2.45) is 11.8 Å². The molecule has 1 aromatic carbocycles. The monoisotopic (exact) mass is 474 g/mol. The summed E-state index contributed by atoms with van der Waals surface area (Å²) in [5.74, 6) is -1.15. The molecule has 2 aliphatic rings. The molecule has 1 amide bonds. The number of anilines is 1. The first-order valence-corrected chi connectivity index (χ1v) is 11.7. The van der Waals surface area contributed by atoms with E-state index in [0.717, 1.165) is 63.6 Å². The Morgan fingerprint density at radius 3 is 2.52 bits per heavy atom.